The minimum atomic E-state index is -1.36. The smallest absolute Gasteiger partial charge is 0.135 e. The molecular weight excluding hydrogens is 282 g/mol. The number of aliphatic hydroxyl groups is 1. The molecule has 0 saturated heterocycles. The predicted molar refractivity (Wildman–Crippen MR) is 76.1 cm³/mol. The van der Waals surface area contributed by atoms with Gasteiger partial charge >= 0.3 is 0 Å². The van der Waals surface area contributed by atoms with Crippen molar-refractivity contribution in [3.05, 3.63) is 68.7 Å². The SMILES string of the molecule is Cc1cc(C(O)c2c(F)ccc(C)c2F)c(C)cc1Cl. The Morgan fingerprint density at radius 2 is 1.65 bits per heavy atom. The van der Waals surface area contributed by atoms with Gasteiger partial charge in [-0.25, -0.2) is 8.78 Å². The van der Waals surface area contributed by atoms with Crippen molar-refractivity contribution in [2.75, 3.05) is 0 Å². The maximum atomic E-state index is 14.1. The van der Waals surface area contributed by atoms with Crippen LogP contribution in [0, 0.1) is 32.4 Å². The van der Waals surface area contributed by atoms with Gasteiger partial charge in [-0.05, 0) is 55.2 Å². The summed E-state index contributed by atoms with van der Waals surface area (Å²) in [6.07, 6.45) is -1.36. The maximum absolute atomic E-state index is 14.1. The molecule has 0 aliphatic rings. The average molecular weight is 297 g/mol. The van der Waals surface area contributed by atoms with Gasteiger partial charge < -0.3 is 5.11 Å². The van der Waals surface area contributed by atoms with Crippen LogP contribution in [0.15, 0.2) is 24.3 Å². The molecule has 0 heterocycles. The van der Waals surface area contributed by atoms with E-state index in [-0.39, 0.29) is 5.56 Å². The molecule has 0 amide bonds. The van der Waals surface area contributed by atoms with E-state index < -0.39 is 17.7 Å². The molecule has 2 aromatic rings. The highest BCUT2D eigenvalue weighted by Gasteiger charge is 2.23. The molecule has 4 heteroatoms. The maximum Gasteiger partial charge on any atom is 0.135 e. The Morgan fingerprint density at radius 3 is 2.30 bits per heavy atom. The largest absolute Gasteiger partial charge is 0.383 e. The Kier molecular flexibility index (Phi) is 4.11. The number of aliphatic hydroxyl groups excluding tert-OH is 1. The Bertz CT molecular complexity index is 668. The molecule has 0 fully saturated rings. The second-order valence-corrected chi connectivity index (χ2v) is 5.36. The summed E-state index contributed by atoms with van der Waals surface area (Å²) < 4.78 is 27.9. The summed E-state index contributed by atoms with van der Waals surface area (Å²) in [7, 11) is 0. The van der Waals surface area contributed by atoms with E-state index in [1.807, 2.05) is 0 Å². The van der Waals surface area contributed by atoms with Gasteiger partial charge in [-0.2, -0.15) is 0 Å². The molecule has 106 valence electrons. The summed E-state index contributed by atoms with van der Waals surface area (Å²) in [4.78, 5) is 0. The molecule has 1 N–H and O–H groups in total. The van der Waals surface area contributed by atoms with Gasteiger partial charge in [0.15, 0.2) is 0 Å². The molecule has 20 heavy (non-hydrogen) atoms. The monoisotopic (exact) mass is 296 g/mol. The molecular formula is C16H15ClF2O. The first kappa shape index (κ1) is 14.9. The van der Waals surface area contributed by atoms with Crippen LogP contribution < -0.4 is 0 Å². The zero-order valence-corrected chi connectivity index (χ0v) is 12.2. The van der Waals surface area contributed by atoms with Crippen molar-refractivity contribution < 1.29 is 13.9 Å². The first-order valence-electron chi connectivity index (χ1n) is 6.22. The zero-order chi connectivity index (χ0) is 15.0. The third-order valence-electron chi connectivity index (χ3n) is 3.43. The number of benzene rings is 2. The lowest BCUT2D eigenvalue weighted by Crippen LogP contribution is -2.09. The number of rotatable bonds is 2. The quantitative estimate of drug-likeness (QED) is 0.857. The molecule has 0 radical (unpaired) electrons. The van der Waals surface area contributed by atoms with E-state index in [9.17, 15) is 13.9 Å². The topological polar surface area (TPSA) is 20.2 Å². The van der Waals surface area contributed by atoms with E-state index in [1.54, 1.807) is 26.0 Å². The van der Waals surface area contributed by atoms with Crippen molar-refractivity contribution in [3.63, 3.8) is 0 Å². The van der Waals surface area contributed by atoms with Crippen molar-refractivity contribution >= 4 is 11.6 Å². The summed E-state index contributed by atoms with van der Waals surface area (Å²) in [5.74, 6) is -1.47. The predicted octanol–water partition coefficient (Wildman–Crippen LogP) is 4.63. The zero-order valence-electron chi connectivity index (χ0n) is 11.5. The van der Waals surface area contributed by atoms with E-state index in [0.29, 0.717) is 21.7 Å². The van der Waals surface area contributed by atoms with Crippen molar-refractivity contribution in [1.29, 1.82) is 0 Å². The number of halogens is 3. The molecule has 1 nitrogen and oxygen atoms in total. The van der Waals surface area contributed by atoms with Gasteiger partial charge in [0.05, 0.1) is 5.56 Å². The van der Waals surface area contributed by atoms with Crippen LogP contribution in [0.4, 0.5) is 8.78 Å². The lowest BCUT2D eigenvalue weighted by atomic mass is 9.94. The molecule has 1 unspecified atom stereocenters. The highest BCUT2D eigenvalue weighted by Crippen LogP contribution is 2.32. The molecule has 2 rings (SSSR count). The van der Waals surface area contributed by atoms with Crippen LogP contribution in [0.3, 0.4) is 0 Å². The summed E-state index contributed by atoms with van der Waals surface area (Å²) in [5, 5.41) is 10.9. The van der Waals surface area contributed by atoms with Crippen LogP contribution in [-0.2, 0) is 0 Å². The number of hydrogen-bond donors (Lipinski definition) is 1. The molecule has 2 aromatic carbocycles. The van der Waals surface area contributed by atoms with E-state index in [4.69, 9.17) is 11.6 Å². The number of hydrogen-bond acceptors (Lipinski definition) is 1. The second kappa shape index (κ2) is 5.51. The van der Waals surface area contributed by atoms with Crippen LogP contribution in [0.2, 0.25) is 5.02 Å². The molecule has 0 aliphatic carbocycles. The highest BCUT2D eigenvalue weighted by atomic mass is 35.5. The van der Waals surface area contributed by atoms with Crippen molar-refractivity contribution in [1.82, 2.24) is 0 Å². The molecule has 0 aromatic heterocycles. The van der Waals surface area contributed by atoms with Crippen LogP contribution in [-0.4, -0.2) is 5.11 Å². The molecule has 0 bridgehead atoms. The molecule has 0 aliphatic heterocycles. The van der Waals surface area contributed by atoms with Gasteiger partial charge in [0.1, 0.15) is 17.7 Å². The Balaban J connectivity index is 2.60. The van der Waals surface area contributed by atoms with Crippen molar-refractivity contribution in [2.24, 2.45) is 0 Å². The fraction of sp³-hybridized carbons (Fsp3) is 0.250. The molecule has 0 spiro atoms. The van der Waals surface area contributed by atoms with E-state index in [2.05, 4.69) is 0 Å². The lowest BCUT2D eigenvalue weighted by molar-refractivity contribution is 0.208. The number of aryl methyl sites for hydroxylation is 3. The normalized spacial score (nSPS) is 12.6. The first-order valence-corrected chi connectivity index (χ1v) is 6.60. The highest BCUT2D eigenvalue weighted by molar-refractivity contribution is 6.31. The van der Waals surface area contributed by atoms with Gasteiger partial charge in [-0.15, -0.1) is 0 Å². The minimum absolute atomic E-state index is 0.295. The Hall–Kier alpha value is -1.45. The van der Waals surface area contributed by atoms with Crippen LogP contribution >= 0.6 is 11.6 Å². The Labute approximate surface area is 121 Å². The van der Waals surface area contributed by atoms with E-state index in [1.165, 1.54) is 13.0 Å². The minimum Gasteiger partial charge on any atom is -0.383 e. The van der Waals surface area contributed by atoms with Gasteiger partial charge in [0.25, 0.3) is 0 Å². The lowest BCUT2D eigenvalue weighted by Gasteiger charge is -2.18. The van der Waals surface area contributed by atoms with Gasteiger partial charge in [-0.3, -0.25) is 0 Å². The summed E-state index contributed by atoms with van der Waals surface area (Å²) in [5.41, 5.74) is 1.86. The third-order valence-corrected chi connectivity index (χ3v) is 3.84. The fourth-order valence-electron chi connectivity index (χ4n) is 2.18. The van der Waals surface area contributed by atoms with Gasteiger partial charge in [0, 0.05) is 5.02 Å². The summed E-state index contributed by atoms with van der Waals surface area (Å²) in [6.45, 7) is 5.06. The van der Waals surface area contributed by atoms with Crippen LogP contribution in [0.25, 0.3) is 0 Å². The molecule has 0 saturated carbocycles. The summed E-state index contributed by atoms with van der Waals surface area (Å²) >= 11 is 5.99. The second-order valence-electron chi connectivity index (χ2n) is 4.95. The Morgan fingerprint density at radius 1 is 1.00 bits per heavy atom. The summed E-state index contributed by atoms with van der Waals surface area (Å²) in [6, 6.07) is 5.85. The van der Waals surface area contributed by atoms with Crippen molar-refractivity contribution in [2.45, 2.75) is 26.9 Å². The van der Waals surface area contributed by atoms with Crippen LogP contribution in [0.5, 0.6) is 0 Å². The van der Waals surface area contributed by atoms with Crippen LogP contribution in [0.1, 0.15) is 33.9 Å². The van der Waals surface area contributed by atoms with E-state index >= 15 is 0 Å². The fourth-order valence-corrected chi connectivity index (χ4v) is 2.40. The average Bonchev–Trinajstić information content (AvgIpc) is 2.38. The van der Waals surface area contributed by atoms with Crippen molar-refractivity contribution in [3.8, 4) is 0 Å². The van der Waals surface area contributed by atoms with Gasteiger partial charge in [-0.1, -0.05) is 23.7 Å². The van der Waals surface area contributed by atoms with E-state index in [0.717, 1.165) is 11.6 Å². The third kappa shape index (κ3) is 2.56. The first-order chi connectivity index (χ1) is 9.32. The standard InChI is InChI=1S/C16H15ClF2O/c1-8-4-5-13(18)14(15(8)19)16(20)11-6-10(3)12(17)7-9(11)2/h4-7,16,20H,1-3H3. The molecule has 1 atom stereocenters. The van der Waals surface area contributed by atoms with Gasteiger partial charge in [0.2, 0.25) is 0 Å².